The molecule has 112 valence electrons. The third kappa shape index (κ3) is 3.43. The lowest BCUT2D eigenvalue weighted by molar-refractivity contribution is 0.232. The molecule has 0 spiro atoms. The fourth-order valence-corrected chi connectivity index (χ4v) is 3.08. The first kappa shape index (κ1) is 15.5. The zero-order chi connectivity index (χ0) is 14.9. The van der Waals surface area contributed by atoms with Gasteiger partial charge in [-0.2, -0.15) is 5.10 Å². The largest absolute Gasteiger partial charge is 0.380 e. The van der Waals surface area contributed by atoms with Crippen molar-refractivity contribution in [3.8, 4) is 0 Å². The van der Waals surface area contributed by atoms with Gasteiger partial charge in [-0.15, -0.1) is 0 Å². The summed E-state index contributed by atoms with van der Waals surface area (Å²) in [6, 6.07) is 0.513. The molecule has 0 atom stereocenters. The second-order valence-electron chi connectivity index (χ2n) is 6.80. The average Bonchev–Trinajstić information content (AvgIpc) is 2.37. The Morgan fingerprint density at radius 2 is 2.00 bits per heavy atom. The number of nitrogens with one attached hydrogen (secondary N) is 1. The molecule has 1 fully saturated rings. The van der Waals surface area contributed by atoms with Crippen LogP contribution in [0.1, 0.15) is 59.4 Å². The first-order chi connectivity index (χ1) is 9.30. The molecule has 1 saturated carbocycles. The maximum absolute atomic E-state index is 12.2. The number of anilines is 1. The van der Waals surface area contributed by atoms with Crippen molar-refractivity contribution in [1.29, 1.82) is 0 Å². The average molecular weight is 342 g/mol. The fourth-order valence-electron chi connectivity index (χ4n) is 2.68. The number of rotatable bonds is 3. The summed E-state index contributed by atoms with van der Waals surface area (Å²) in [4.78, 5) is 12.2. The van der Waals surface area contributed by atoms with E-state index in [2.05, 4.69) is 40.2 Å². The molecule has 4 nitrogen and oxygen atoms in total. The minimum Gasteiger partial charge on any atom is -0.380 e. The number of nitrogens with zero attached hydrogens (tertiary/aromatic N) is 2. The van der Waals surface area contributed by atoms with E-state index in [9.17, 15) is 4.79 Å². The van der Waals surface area contributed by atoms with Crippen molar-refractivity contribution >= 4 is 21.6 Å². The van der Waals surface area contributed by atoms with Gasteiger partial charge in [-0.05, 0) is 60.9 Å². The summed E-state index contributed by atoms with van der Waals surface area (Å²) >= 11 is 3.41. The normalized spacial score (nSPS) is 19.3. The van der Waals surface area contributed by atoms with Crippen LogP contribution in [-0.2, 0) is 0 Å². The summed E-state index contributed by atoms with van der Waals surface area (Å²) in [5, 5.41) is 7.72. The van der Waals surface area contributed by atoms with Gasteiger partial charge in [0.25, 0.3) is 5.56 Å². The van der Waals surface area contributed by atoms with Crippen molar-refractivity contribution < 1.29 is 0 Å². The summed E-state index contributed by atoms with van der Waals surface area (Å²) in [5.74, 6) is 0. The van der Waals surface area contributed by atoms with E-state index < -0.39 is 0 Å². The van der Waals surface area contributed by atoms with Crippen LogP contribution in [0.5, 0.6) is 0 Å². The lowest BCUT2D eigenvalue weighted by atomic mass is 9.75. The third-order valence-corrected chi connectivity index (χ3v) is 4.90. The summed E-state index contributed by atoms with van der Waals surface area (Å²) < 4.78 is 2.09. The molecule has 0 aromatic carbocycles. The molecule has 1 N–H and O–H groups in total. The van der Waals surface area contributed by atoms with Gasteiger partial charge in [0, 0.05) is 6.04 Å². The van der Waals surface area contributed by atoms with Crippen molar-refractivity contribution in [2.24, 2.45) is 5.41 Å². The predicted molar refractivity (Wildman–Crippen MR) is 86.2 cm³/mol. The minimum absolute atomic E-state index is 0.0684. The van der Waals surface area contributed by atoms with E-state index in [1.165, 1.54) is 17.5 Å². The molecule has 0 saturated heterocycles. The van der Waals surface area contributed by atoms with E-state index >= 15 is 0 Å². The Labute approximate surface area is 129 Å². The van der Waals surface area contributed by atoms with Crippen molar-refractivity contribution in [2.45, 2.75) is 65.5 Å². The Morgan fingerprint density at radius 3 is 2.55 bits per heavy atom. The minimum atomic E-state index is -0.0684. The van der Waals surface area contributed by atoms with Crippen molar-refractivity contribution in [3.63, 3.8) is 0 Å². The summed E-state index contributed by atoms with van der Waals surface area (Å²) in [5.41, 5.74) is 1.20. The van der Waals surface area contributed by atoms with E-state index in [0.29, 0.717) is 15.9 Å². The lowest BCUT2D eigenvalue weighted by Gasteiger charge is -2.35. The highest BCUT2D eigenvalue weighted by Gasteiger charge is 2.27. The van der Waals surface area contributed by atoms with Crippen LogP contribution < -0.4 is 10.9 Å². The van der Waals surface area contributed by atoms with E-state index in [1.807, 2.05) is 13.8 Å². The number of aromatic nitrogens is 2. The molecule has 1 heterocycles. The monoisotopic (exact) mass is 341 g/mol. The van der Waals surface area contributed by atoms with Gasteiger partial charge in [0.15, 0.2) is 0 Å². The predicted octanol–water partition coefficient (Wildman–Crippen LogP) is 3.97. The molecular formula is C15H24BrN3O. The molecule has 1 aliphatic carbocycles. The molecule has 0 amide bonds. The van der Waals surface area contributed by atoms with Crippen LogP contribution in [0.4, 0.5) is 5.69 Å². The molecule has 0 unspecified atom stereocenters. The SMILES string of the molecule is CC(C)n1ncc(NC2CCC(C)(C)CC2)c(Br)c1=O. The van der Waals surface area contributed by atoms with E-state index in [-0.39, 0.29) is 11.6 Å². The van der Waals surface area contributed by atoms with Crippen molar-refractivity contribution in [2.75, 3.05) is 5.32 Å². The zero-order valence-corrected chi connectivity index (χ0v) is 14.3. The Hall–Kier alpha value is -0.840. The molecule has 2 rings (SSSR count). The van der Waals surface area contributed by atoms with Crippen LogP contribution in [0.2, 0.25) is 0 Å². The number of hydrogen-bond donors (Lipinski definition) is 1. The van der Waals surface area contributed by atoms with Gasteiger partial charge in [0.05, 0.1) is 17.9 Å². The van der Waals surface area contributed by atoms with Gasteiger partial charge in [0.1, 0.15) is 4.47 Å². The van der Waals surface area contributed by atoms with Gasteiger partial charge < -0.3 is 5.32 Å². The molecular weight excluding hydrogens is 318 g/mol. The highest BCUT2D eigenvalue weighted by Crippen LogP contribution is 2.36. The van der Waals surface area contributed by atoms with Gasteiger partial charge in [-0.1, -0.05) is 13.8 Å². The molecule has 1 aromatic rings. The topological polar surface area (TPSA) is 46.9 Å². The maximum atomic E-state index is 12.2. The van der Waals surface area contributed by atoms with Crippen molar-refractivity contribution in [3.05, 3.63) is 21.0 Å². The number of hydrogen-bond acceptors (Lipinski definition) is 3. The molecule has 1 aliphatic rings. The highest BCUT2D eigenvalue weighted by atomic mass is 79.9. The molecule has 5 heteroatoms. The zero-order valence-electron chi connectivity index (χ0n) is 12.7. The van der Waals surface area contributed by atoms with Crippen LogP contribution in [0.3, 0.4) is 0 Å². The quantitative estimate of drug-likeness (QED) is 0.904. The molecule has 20 heavy (non-hydrogen) atoms. The Morgan fingerprint density at radius 1 is 1.40 bits per heavy atom. The number of halogens is 1. The van der Waals surface area contributed by atoms with E-state index in [0.717, 1.165) is 18.5 Å². The van der Waals surface area contributed by atoms with Gasteiger partial charge >= 0.3 is 0 Å². The molecule has 0 radical (unpaired) electrons. The van der Waals surface area contributed by atoms with Crippen LogP contribution in [-0.4, -0.2) is 15.8 Å². The lowest BCUT2D eigenvalue weighted by Crippen LogP contribution is -2.32. The van der Waals surface area contributed by atoms with Crippen LogP contribution in [0.25, 0.3) is 0 Å². The third-order valence-electron chi connectivity index (χ3n) is 4.13. The first-order valence-corrected chi connectivity index (χ1v) is 8.13. The fraction of sp³-hybridized carbons (Fsp3) is 0.733. The molecule has 0 bridgehead atoms. The standard InChI is InChI=1S/C15H24BrN3O/c1-10(2)19-14(20)13(16)12(9-17-19)18-11-5-7-15(3,4)8-6-11/h9-11,18H,5-8H2,1-4H3. The highest BCUT2D eigenvalue weighted by molar-refractivity contribution is 9.10. The summed E-state index contributed by atoms with van der Waals surface area (Å²) in [6.45, 7) is 8.56. The van der Waals surface area contributed by atoms with Crippen molar-refractivity contribution in [1.82, 2.24) is 9.78 Å². The molecule has 0 aliphatic heterocycles. The Bertz CT molecular complexity index is 526. The van der Waals surface area contributed by atoms with Crippen LogP contribution >= 0.6 is 15.9 Å². The van der Waals surface area contributed by atoms with Gasteiger partial charge in [-0.25, -0.2) is 4.68 Å². The maximum Gasteiger partial charge on any atom is 0.283 e. The van der Waals surface area contributed by atoms with Crippen LogP contribution in [0.15, 0.2) is 15.5 Å². The van der Waals surface area contributed by atoms with Gasteiger partial charge in [0.2, 0.25) is 0 Å². The van der Waals surface area contributed by atoms with Gasteiger partial charge in [-0.3, -0.25) is 4.79 Å². The Balaban J connectivity index is 2.11. The summed E-state index contributed by atoms with van der Waals surface area (Å²) in [6.07, 6.45) is 6.49. The summed E-state index contributed by atoms with van der Waals surface area (Å²) in [7, 11) is 0. The first-order valence-electron chi connectivity index (χ1n) is 7.34. The second kappa shape index (κ2) is 5.88. The molecule has 1 aromatic heterocycles. The van der Waals surface area contributed by atoms with E-state index in [1.54, 1.807) is 6.20 Å². The Kier molecular flexibility index (Phi) is 4.57. The second-order valence-corrected chi connectivity index (χ2v) is 7.59. The van der Waals surface area contributed by atoms with Crippen LogP contribution in [0, 0.1) is 5.41 Å². The van der Waals surface area contributed by atoms with E-state index in [4.69, 9.17) is 0 Å². The smallest absolute Gasteiger partial charge is 0.283 e.